The highest BCUT2D eigenvalue weighted by atomic mass is 16.6. The molecule has 124 valence electrons. The highest BCUT2D eigenvalue weighted by Gasteiger charge is 2.29. The van der Waals surface area contributed by atoms with Crippen LogP contribution in [-0.2, 0) is 9.59 Å². The van der Waals surface area contributed by atoms with Gasteiger partial charge in [0.2, 0.25) is 11.8 Å². The number of rotatable bonds is 5. The van der Waals surface area contributed by atoms with Crippen LogP contribution in [0.15, 0.2) is 18.2 Å². The number of hydrogen-bond acceptors (Lipinski definition) is 5. The normalized spacial score (nSPS) is 16.4. The fraction of sp³-hybridized carbons (Fsp3) is 0.500. The van der Waals surface area contributed by atoms with E-state index in [0.717, 1.165) is 0 Å². The van der Waals surface area contributed by atoms with Gasteiger partial charge in [-0.25, -0.2) is 0 Å². The molecule has 0 saturated carbocycles. The second kappa shape index (κ2) is 6.87. The first-order valence-corrected chi connectivity index (χ1v) is 7.86. The minimum Gasteiger partial charge on any atom is -0.486 e. The molecule has 7 nitrogen and oxygen atoms in total. The van der Waals surface area contributed by atoms with E-state index in [9.17, 15) is 9.59 Å². The smallest absolute Gasteiger partial charge is 0.243 e. The van der Waals surface area contributed by atoms with Gasteiger partial charge in [-0.3, -0.25) is 9.59 Å². The molecule has 1 fully saturated rings. The molecule has 2 N–H and O–H groups in total. The lowest BCUT2D eigenvalue weighted by Gasteiger charge is -2.31. The van der Waals surface area contributed by atoms with E-state index in [0.29, 0.717) is 50.0 Å². The number of amides is 2. The summed E-state index contributed by atoms with van der Waals surface area (Å²) in [4.78, 5) is 26.0. The van der Waals surface area contributed by atoms with Crippen LogP contribution < -0.4 is 20.1 Å². The molecule has 7 heteroatoms. The third-order valence-electron chi connectivity index (χ3n) is 3.98. The van der Waals surface area contributed by atoms with E-state index in [4.69, 9.17) is 9.47 Å². The molecule has 2 aliphatic heterocycles. The van der Waals surface area contributed by atoms with E-state index >= 15 is 0 Å². The average molecular weight is 319 g/mol. The molecule has 0 aromatic heterocycles. The van der Waals surface area contributed by atoms with Gasteiger partial charge in [0.15, 0.2) is 11.5 Å². The summed E-state index contributed by atoms with van der Waals surface area (Å²) < 4.78 is 10.9. The first kappa shape index (κ1) is 15.6. The fourth-order valence-corrected chi connectivity index (χ4v) is 2.56. The van der Waals surface area contributed by atoms with E-state index in [2.05, 4.69) is 10.6 Å². The van der Waals surface area contributed by atoms with Crippen molar-refractivity contribution in [3.05, 3.63) is 18.2 Å². The van der Waals surface area contributed by atoms with Crippen LogP contribution in [0.25, 0.3) is 0 Å². The molecule has 2 amide bonds. The number of nitrogens with one attached hydrogen (secondary N) is 2. The van der Waals surface area contributed by atoms with Gasteiger partial charge in [-0.1, -0.05) is 0 Å². The zero-order valence-corrected chi connectivity index (χ0v) is 13.1. The maximum Gasteiger partial charge on any atom is 0.243 e. The zero-order chi connectivity index (χ0) is 16.2. The number of carbonyl (C=O) groups is 2. The van der Waals surface area contributed by atoms with Crippen LogP contribution in [0.2, 0.25) is 0 Å². The first-order chi connectivity index (χ1) is 11.2. The fourth-order valence-electron chi connectivity index (χ4n) is 2.56. The summed E-state index contributed by atoms with van der Waals surface area (Å²) in [5, 5.41) is 5.87. The maximum atomic E-state index is 12.2. The van der Waals surface area contributed by atoms with Gasteiger partial charge in [0.1, 0.15) is 13.2 Å². The molecule has 2 heterocycles. The Labute approximate surface area is 134 Å². The third-order valence-corrected chi connectivity index (χ3v) is 3.98. The SMILES string of the molecule is CCN(CC(=O)Nc1ccc2c(c1)OCCO2)C(=O)C1CNC1. The first-order valence-electron chi connectivity index (χ1n) is 7.86. The van der Waals surface area contributed by atoms with Crippen LogP contribution in [0.4, 0.5) is 5.69 Å². The van der Waals surface area contributed by atoms with Gasteiger partial charge in [-0.2, -0.15) is 0 Å². The molecular weight excluding hydrogens is 298 g/mol. The topological polar surface area (TPSA) is 79.9 Å². The molecule has 3 rings (SSSR count). The highest BCUT2D eigenvalue weighted by molar-refractivity contribution is 5.95. The van der Waals surface area contributed by atoms with Crippen LogP contribution in [0.3, 0.4) is 0 Å². The Morgan fingerprint density at radius 1 is 1.26 bits per heavy atom. The number of ether oxygens (including phenoxy) is 2. The Morgan fingerprint density at radius 2 is 2.00 bits per heavy atom. The molecule has 1 saturated heterocycles. The summed E-state index contributed by atoms with van der Waals surface area (Å²) in [5.41, 5.74) is 0.632. The van der Waals surface area contributed by atoms with Gasteiger partial charge >= 0.3 is 0 Å². The third kappa shape index (κ3) is 3.56. The monoisotopic (exact) mass is 319 g/mol. The van der Waals surface area contributed by atoms with Crippen molar-refractivity contribution < 1.29 is 19.1 Å². The molecule has 23 heavy (non-hydrogen) atoms. The Bertz CT molecular complexity index is 601. The van der Waals surface area contributed by atoms with Gasteiger partial charge in [0.05, 0.1) is 12.5 Å². The summed E-state index contributed by atoms with van der Waals surface area (Å²) in [6, 6.07) is 5.27. The van der Waals surface area contributed by atoms with E-state index in [1.54, 1.807) is 23.1 Å². The van der Waals surface area contributed by atoms with E-state index < -0.39 is 0 Å². The number of anilines is 1. The van der Waals surface area contributed by atoms with Gasteiger partial charge < -0.3 is 25.0 Å². The standard InChI is InChI=1S/C16H21N3O4/c1-2-19(16(21)11-8-17-9-11)10-15(20)18-12-3-4-13-14(7-12)23-6-5-22-13/h3-4,7,11,17H,2,5-6,8-10H2,1H3,(H,18,20). The Hall–Kier alpha value is -2.28. The molecule has 0 atom stereocenters. The number of fused-ring (bicyclic) bond motifs is 1. The van der Waals surface area contributed by atoms with Crippen molar-refractivity contribution in [3.63, 3.8) is 0 Å². The van der Waals surface area contributed by atoms with Crippen molar-refractivity contribution >= 4 is 17.5 Å². The van der Waals surface area contributed by atoms with Crippen molar-refractivity contribution in [2.45, 2.75) is 6.92 Å². The minimum absolute atomic E-state index is 0.00274. The highest BCUT2D eigenvalue weighted by Crippen LogP contribution is 2.32. The van der Waals surface area contributed by atoms with Crippen LogP contribution in [0, 0.1) is 5.92 Å². The lowest BCUT2D eigenvalue weighted by Crippen LogP contribution is -2.53. The number of benzene rings is 1. The van der Waals surface area contributed by atoms with Gasteiger partial charge in [0, 0.05) is 31.4 Å². The van der Waals surface area contributed by atoms with E-state index in [1.165, 1.54) is 0 Å². The molecular formula is C16H21N3O4. The largest absolute Gasteiger partial charge is 0.486 e. The predicted molar refractivity (Wildman–Crippen MR) is 84.7 cm³/mol. The van der Waals surface area contributed by atoms with Crippen LogP contribution >= 0.6 is 0 Å². The second-order valence-corrected chi connectivity index (χ2v) is 5.61. The number of likely N-dealkylation sites (N-methyl/N-ethyl adjacent to an activating group) is 1. The van der Waals surface area contributed by atoms with Crippen molar-refractivity contribution in [2.24, 2.45) is 5.92 Å². The summed E-state index contributed by atoms with van der Waals surface area (Å²) in [7, 11) is 0. The molecule has 1 aromatic rings. The Balaban J connectivity index is 1.58. The quantitative estimate of drug-likeness (QED) is 0.824. The van der Waals surface area contributed by atoms with E-state index in [1.807, 2.05) is 6.92 Å². The minimum atomic E-state index is -0.218. The van der Waals surface area contributed by atoms with Crippen molar-refractivity contribution in [2.75, 3.05) is 44.7 Å². The Kier molecular flexibility index (Phi) is 4.66. The molecule has 0 bridgehead atoms. The van der Waals surface area contributed by atoms with Crippen molar-refractivity contribution in [1.29, 1.82) is 0 Å². The number of hydrogen-bond donors (Lipinski definition) is 2. The van der Waals surface area contributed by atoms with Gasteiger partial charge in [-0.15, -0.1) is 0 Å². The summed E-state index contributed by atoms with van der Waals surface area (Å²) in [6.07, 6.45) is 0. The zero-order valence-electron chi connectivity index (χ0n) is 13.1. The molecule has 0 unspecified atom stereocenters. The maximum absolute atomic E-state index is 12.2. The van der Waals surface area contributed by atoms with Crippen LogP contribution in [0.5, 0.6) is 11.5 Å². The summed E-state index contributed by atoms with van der Waals surface area (Å²) in [6.45, 7) is 4.87. The summed E-state index contributed by atoms with van der Waals surface area (Å²) >= 11 is 0. The molecule has 1 aromatic carbocycles. The van der Waals surface area contributed by atoms with E-state index in [-0.39, 0.29) is 24.3 Å². The Morgan fingerprint density at radius 3 is 2.65 bits per heavy atom. The summed E-state index contributed by atoms with van der Waals surface area (Å²) in [5.74, 6) is 1.11. The van der Waals surface area contributed by atoms with Crippen LogP contribution in [-0.4, -0.2) is 56.1 Å². The lowest BCUT2D eigenvalue weighted by molar-refractivity contribution is -0.139. The second-order valence-electron chi connectivity index (χ2n) is 5.61. The molecule has 0 radical (unpaired) electrons. The molecule has 0 spiro atoms. The predicted octanol–water partition coefficient (Wildman–Crippen LogP) is 0.464. The van der Waals surface area contributed by atoms with Gasteiger partial charge in [0.25, 0.3) is 0 Å². The number of nitrogens with zero attached hydrogens (tertiary/aromatic N) is 1. The average Bonchev–Trinajstić information content (AvgIpc) is 2.50. The lowest BCUT2D eigenvalue weighted by atomic mass is 10.0. The molecule has 0 aliphatic carbocycles. The van der Waals surface area contributed by atoms with Crippen LogP contribution in [0.1, 0.15) is 6.92 Å². The molecule has 2 aliphatic rings. The van der Waals surface area contributed by atoms with Crippen molar-refractivity contribution in [1.82, 2.24) is 10.2 Å². The van der Waals surface area contributed by atoms with Gasteiger partial charge in [-0.05, 0) is 19.1 Å². The van der Waals surface area contributed by atoms with Crippen molar-refractivity contribution in [3.8, 4) is 11.5 Å². The number of carbonyl (C=O) groups excluding carboxylic acids is 2.